The van der Waals surface area contributed by atoms with Gasteiger partial charge in [0.15, 0.2) is 17.3 Å². The number of carbonyl (C=O) groups excluding carboxylic acids is 2. The quantitative estimate of drug-likeness (QED) is 0.262. The molecule has 168 valence electrons. The molecule has 0 saturated carbocycles. The number of rotatable bonds is 7. The highest BCUT2D eigenvalue weighted by Gasteiger charge is 2.41. The van der Waals surface area contributed by atoms with Crippen LogP contribution in [-0.2, 0) is 6.18 Å². The smallest absolute Gasteiger partial charge is 0.293 e. The number of benzene rings is 1. The number of ketones is 2. The van der Waals surface area contributed by atoms with Crippen molar-refractivity contribution in [3.8, 4) is 5.69 Å². The van der Waals surface area contributed by atoms with Crippen molar-refractivity contribution in [2.75, 3.05) is 6.54 Å². The Hall–Kier alpha value is -3.28. The predicted octanol–water partition coefficient (Wildman–Crippen LogP) is 5.41. The van der Waals surface area contributed by atoms with Gasteiger partial charge in [-0.15, -0.1) is 11.3 Å². The molecular formula is C20H13F6N3O2S. The minimum Gasteiger partial charge on any atom is -0.293 e. The number of aliphatic imine (C=N–C) groups is 1. The number of nitrogens with zero attached hydrogens (tertiary/aromatic N) is 3. The molecule has 0 N–H and O–H groups in total. The summed E-state index contributed by atoms with van der Waals surface area (Å²) in [5.74, 6) is -2.18. The molecule has 3 aromatic rings. The van der Waals surface area contributed by atoms with Gasteiger partial charge in [0.2, 0.25) is 0 Å². The second-order valence-electron chi connectivity index (χ2n) is 6.41. The summed E-state index contributed by atoms with van der Waals surface area (Å²) in [4.78, 5) is 27.6. The molecule has 0 amide bonds. The number of aromatic nitrogens is 2. The standard InChI is InChI=1S/C20H13F6N3O2S/c21-19(22,23)17(9-14(30)16-7-4-8-32-16)27-11-15(31)13-10-28-29(18(13)20(24,25)26)12-5-2-1-3-6-12/h1-8,10H,9,11H2. The highest BCUT2D eigenvalue weighted by atomic mass is 32.1. The third kappa shape index (κ3) is 5.31. The highest BCUT2D eigenvalue weighted by Crippen LogP contribution is 2.34. The number of thiophene rings is 1. The van der Waals surface area contributed by atoms with Crippen molar-refractivity contribution < 1.29 is 35.9 Å². The van der Waals surface area contributed by atoms with Crippen LogP contribution in [0.2, 0.25) is 0 Å². The zero-order chi connectivity index (χ0) is 23.5. The summed E-state index contributed by atoms with van der Waals surface area (Å²) >= 11 is 0.935. The summed E-state index contributed by atoms with van der Waals surface area (Å²) in [7, 11) is 0. The van der Waals surface area contributed by atoms with E-state index < -0.39 is 53.9 Å². The molecule has 5 nitrogen and oxygen atoms in total. The van der Waals surface area contributed by atoms with Crippen molar-refractivity contribution in [2.24, 2.45) is 4.99 Å². The normalized spacial score (nSPS) is 12.8. The second-order valence-corrected chi connectivity index (χ2v) is 7.36. The van der Waals surface area contributed by atoms with Crippen LogP contribution in [0.1, 0.15) is 32.1 Å². The zero-order valence-corrected chi connectivity index (χ0v) is 16.8. The molecule has 0 saturated heterocycles. The lowest BCUT2D eigenvalue weighted by Gasteiger charge is -2.12. The minimum absolute atomic E-state index is 0.0138. The summed E-state index contributed by atoms with van der Waals surface area (Å²) in [5, 5.41) is 5.09. The van der Waals surface area contributed by atoms with E-state index in [2.05, 4.69) is 10.1 Å². The first-order valence-electron chi connectivity index (χ1n) is 8.89. The molecule has 0 spiro atoms. The molecular weight excluding hydrogens is 460 g/mol. The average molecular weight is 473 g/mol. The van der Waals surface area contributed by atoms with Gasteiger partial charge in [0.05, 0.1) is 28.7 Å². The topological polar surface area (TPSA) is 64.3 Å². The van der Waals surface area contributed by atoms with E-state index in [4.69, 9.17) is 0 Å². The number of halogens is 6. The molecule has 0 aliphatic heterocycles. The predicted molar refractivity (Wildman–Crippen MR) is 105 cm³/mol. The highest BCUT2D eigenvalue weighted by molar-refractivity contribution is 7.12. The molecule has 0 aliphatic carbocycles. The molecule has 0 fully saturated rings. The lowest BCUT2D eigenvalue weighted by molar-refractivity contribution is -0.143. The van der Waals surface area contributed by atoms with Gasteiger partial charge in [0.1, 0.15) is 12.3 Å². The summed E-state index contributed by atoms with van der Waals surface area (Å²) in [6.07, 6.45) is -10.5. The van der Waals surface area contributed by atoms with Crippen molar-refractivity contribution in [3.63, 3.8) is 0 Å². The van der Waals surface area contributed by atoms with Crippen molar-refractivity contribution in [1.82, 2.24) is 9.78 Å². The zero-order valence-electron chi connectivity index (χ0n) is 15.9. The molecule has 0 radical (unpaired) electrons. The number of hydrogen-bond acceptors (Lipinski definition) is 5. The average Bonchev–Trinajstić information content (AvgIpc) is 3.40. The monoisotopic (exact) mass is 473 g/mol. The van der Waals surface area contributed by atoms with Gasteiger partial charge in [0, 0.05) is 0 Å². The van der Waals surface area contributed by atoms with Gasteiger partial charge < -0.3 is 0 Å². The summed E-state index contributed by atoms with van der Waals surface area (Å²) in [5.41, 5.74) is -3.88. The van der Waals surface area contributed by atoms with Crippen LogP contribution < -0.4 is 0 Å². The van der Waals surface area contributed by atoms with Gasteiger partial charge in [-0.2, -0.15) is 31.4 Å². The van der Waals surface area contributed by atoms with Crippen molar-refractivity contribution >= 4 is 28.6 Å². The Balaban J connectivity index is 1.90. The van der Waals surface area contributed by atoms with Gasteiger partial charge >= 0.3 is 12.4 Å². The molecule has 2 aromatic heterocycles. The molecule has 32 heavy (non-hydrogen) atoms. The fraction of sp³-hybridized carbons (Fsp3) is 0.200. The van der Waals surface area contributed by atoms with Gasteiger partial charge in [-0.05, 0) is 23.6 Å². The Morgan fingerprint density at radius 2 is 1.66 bits per heavy atom. The van der Waals surface area contributed by atoms with E-state index in [0.29, 0.717) is 10.9 Å². The third-order valence-corrected chi connectivity index (χ3v) is 5.11. The van der Waals surface area contributed by atoms with Crippen LogP contribution in [0, 0.1) is 0 Å². The SMILES string of the molecule is O=C(CC(=NCC(=O)c1cnn(-c2ccccc2)c1C(F)(F)F)C(F)(F)F)c1cccs1. The van der Waals surface area contributed by atoms with Crippen LogP contribution in [0.5, 0.6) is 0 Å². The Labute approximate surface area is 181 Å². The van der Waals surface area contributed by atoms with Gasteiger partial charge in [-0.1, -0.05) is 24.3 Å². The lowest BCUT2D eigenvalue weighted by atomic mass is 10.1. The first-order valence-corrected chi connectivity index (χ1v) is 9.77. The molecule has 3 rings (SSSR count). The second kappa shape index (κ2) is 9.07. The van der Waals surface area contributed by atoms with Crippen LogP contribution in [0.4, 0.5) is 26.3 Å². The molecule has 0 aliphatic rings. The maximum atomic E-state index is 13.6. The maximum Gasteiger partial charge on any atom is 0.434 e. The van der Waals surface area contributed by atoms with Crippen LogP contribution >= 0.6 is 11.3 Å². The van der Waals surface area contributed by atoms with Crippen LogP contribution in [0.25, 0.3) is 5.69 Å². The number of alkyl halides is 6. The minimum atomic E-state index is -5.03. The van der Waals surface area contributed by atoms with Gasteiger partial charge in [0.25, 0.3) is 0 Å². The Morgan fingerprint density at radius 1 is 0.969 bits per heavy atom. The lowest BCUT2D eigenvalue weighted by Crippen LogP contribution is -2.27. The van der Waals surface area contributed by atoms with Crippen LogP contribution in [0.3, 0.4) is 0 Å². The van der Waals surface area contributed by atoms with Crippen molar-refractivity contribution in [1.29, 1.82) is 0 Å². The van der Waals surface area contributed by atoms with E-state index in [0.717, 1.165) is 11.3 Å². The van der Waals surface area contributed by atoms with E-state index >= 15 is 0 Å². The molecule has 2 heterocycles. The molecule has 1 aromatic carbocycles. The fourth-order valence-electron chi connectivity index (χ4n) is 2.76. The van der Waals surface area contributed by atoms with Crippen molar-refractivity contribution in [2.45, 2.75) is 18.8 Å². The van der Waals surface area contributed by atoms with E-state index in [-0.39, 0.29) is 10.6 Å². The molecule has 0 bridgehead atoms. The van der Waals surface area contributed by atoms with Crippen LogP contribution in [0.15, 0.2) is 59.0 Å². The van der Waals surface area contributed by atoms with E-state index in [1.165, 1.54) is 41.8 Å². The van der Waals surface area contributed by atoms with Crippen LogP contribution in [-0.4, -0.2) is 39.8 Å². The Morgan fingerprint density at radius 3 is 2.22 bits per heavy atom. The maximum absolute atomic E-state index is 13.6. The van der Waals surface area contributed by atoms with E-state index in [1.54, 1.807) is 6.07 Å². The third-order valence-electron chi connectivity index (χ3n) is 4.20. The summed E-state index contributed by atoms with van der Waals surface area (Å²) in [6.45, 7) is -1.23. The van der Waals surface area contributed by atoms with E-state index in [1.807, 2.05) is 0 Å². The Bertz CT molecular complexity index is 1130. The molecule has 0 unspecified atom stereocenters. The van der Waals surface area contributed by atoms with Gasteiger partial charge in [-0.3, -0.25) is 14.6 Å². The number of carbonyl (C=O) groups is 2. The van der Waals surface area contributed by atoms with E-state index in [9.17, 15) is 35.9 Å². The number of para-hydroxylation sites is 1. The fourth-order valence-corrected chi connectivity index (χ4v) is 3.43. The molecule has 0 atom stereocenters. The summed E-state index contributed by atoms with van der Waals surface area (Å²) < 4.78 is 81.2. The number of hydrogen-bond donors (Lipinski definition) is 0. The molecule has 12 heteroatoms. The summed E-state index contributed by atoms with van der Waals surface area (Å²) in [6, 6.07) is 9.96. The largest absolute Gasteiger partial charge is 0.434 e. The van der Waals surface area contributed by atoms with Gasteiger partial charge in [-0.25, -0.2) is 4.68 Å². The number of Topliss-reactive ketones (excluding diaryl/α,β-unsaturated/α-hetero) is 2. The van der Waals surface area contributed by atoms with Crippen molar-refractivity contribution in [3.05, 3.63) is 70.2 Å². The first-order chi connectivity index (χ1) is 15.0. The Kier molecular flexibility index (Phi) is 6.63. The first kappa shape index (κ1) is 23.4.